The molecule has 21 heavy (non-hydrogen) atoms. The lowest BCUT2D eigenvalue weighted by atomic mass is 10.1. The summed E-state index contributed by atoms with van der Waals surface area (Å²) < 4.78 is 10.2. The van der Waals surface area contributed by atoms with E-state index in [2.05, 4.69) is 0 Å². The number of benzene rings is 1. The Balaban J connectivity index is 2.32. The van der Waals surface area contributed by atoms with Crippen LogP contribution in [0.15, 0.2) is 12.1 Å². The monoisotopic (exact) mass is 293 g/mol. The van der Waals surface area contributed by atoms with Crippen LogP contribution in [0.2, 0.25) is 0 Å². The molecule has 7 nitrogen and oxygen atoms in total. The molecule has 0 spiro atoms. The third-order valence-corrected chi connectivity index (χ3v) is 3.23. The highest BCUT2D eigenvalue weighted by Gasteiger charge is 2.28. The third-order valence-electron chi connectivity index (χ3n) is 3.23. The summed E-state index contributed by atoms with van der Waals surface area (Å²) in [5, 5.41) is 11.1. The fourth-order valence-corrected chi connectivity index (χ4v) is 2.20. The highest BCUT2D eigenvalue weighted by Crippen LogP contribution is 2.35. The standard InChI is InChI=1S/C14H15NO6/c1-3-20-14(17)8(2)21-13-6-9-4-5-12(16)10(9)7-11(13)15(18)19/h6-8H,3-5H2,1-2H3. The Morgan fingerprint density at radius 2 is 2.14 bits per heavy atom. The average molecular weight is 293 g/mol. The van der Waals surface area contributed by atoms with Crippen molar-refractivity contribution in [3.8, 4) is 5.75 Å². The maximum absolute atomic E-state index is 11.6. The van der Waals surface area contributed by atoms with Gasteiger partial charge in [0.1, 0.15) is 0 Å². The molecule has 1 atom stereocenters. The number of hydrogen-bond donors (Lipinski definition) is 0. The van der Waals surface area contributed by atoms with E-state index in [4.69, 9.17) is 9.47 Å². The summed E-state index contributed by atoms with van der Waals surface area (Å²) in [6.07, 6.45) is -0.0986. The smallest absolute Gasteiger partial charge is 0.347 e. The number of rotatable bonds is 5. The minimum atomic E-state index is -0.959. The van der Waals surface area contributed by atoms with Gasteiger partial charge in [0.25, 0.3) is 0 Å². The van der Waals surface area contributed by atoms with Gasteiger partial charge in [0.15, 0.2) is 17.6 Å². The molecule has 1 aromatic carbocycles. The predicted molar refractivity (Wildman–Crippen MR) is 72.5 cm³/mol. The Kier molecular flexibility index (Phi) is 4.21. The topological polar surface area (TPSA) is 95.7 Å². The molecule has 0 saturated carbocycles. The van der Waals surface area contributed by atoms with Crippen LogP contribution in [-0.2, 0) is 16.0 Å². The molecule has 0 N–H and O–H groups in total. The molecule has 112 valence electrons. The van der Waals surface area contributed by atoms with E-state index in [1.807, 2.05) is 0 Å². The van der Waals surface area contributed by atoms with E-state index in [0.717, 1.165) is 0 Å². The number of ketones is 1. The Bertz CT molecular complexity index is 610. The van der Waals surface area contributed by atoms with Crippen molar-refractivity contribution in [1.29, 1.82) is 0 Å². The Morgan fingerprint density at radius 1 is 1.43 bits per heavy atom. The number of carbonyl (C=O) groups excluding carboxylic acids is 2. The lowest BCUT2D eigenvalue weighted by molar-refractivity contribution is -0.386. The molecule has 0 radical (unpaired) electrons. The molecule has 0 amide bonds. The normalized spacial score (nSPS) is 14.5. The zero-order valence-electron chi connectivity index (χ0n) is 11.8. The summed E-state index contributed by atoms with van der Waals surface area (Å²) in [7, 11) is 0. The number of esters is 1. The summed E-state index contributed by atoms with van der Waals surface area (Å²) in [4.78, 5) is 33.7. The van der Waals surface area contributed by atoms with Crippen molar-refractivity contribution in [1.82, 2.24) is 0 Å². The zero-order chi connectivity index (χ0) is 15.6. The molecule has 0 aromatic heterocycles. The van der Waals surface area contributed by atoms with Gasteiger partial charge in [-0.2, -0.15) is 0 Å². The quantitative estimate of drug-likeness (QED) is 0.468. The Labute approximate surface area is 121 Å². The molecule has 0 saturated heterocycles. The van der Waals surface area contributed by atoms with Crippen molar-refractivity contribution in [3.05, 3.63) is 33.4 Å². The minimum absolute atomic E-state index is 0.0194. The largest absolute Gasteiger partial charge is 0.472 e. The van der Waals surface area contributed by atoms with Gasteiger partial charge in [-0.1, -0.05) is 0 Å². The Morgan fingerprint density at radius 3 is 2.76 bits per heavy atom. The second-order valence-corrected chi connectivity index (χ2v) is 4.67. The van der Waals surface area contributed by atoms with Gasteiger partial charge in [0.2, 0.25) is 0 Å². The van der Waals surface area contributed by atoms with Crippen molar-refractivity contribution in [2.24, 2.45) is 0 Å². The fraction of sp³-hybridized carbons (Fsp3) is 0.429. The lowest BCUT2D eigenvalue weighted by Crippen LogP contribution is -2.26. The number of hydrogen-bond acceptors (Lipinski definition) is 6. The number of carbonyl (C=O) groups is 2. The van der Waals surface area contributed by atoms with Crippen LogP contribution >= 0.6 is 0 Å². The van der Waals surface area contributed by atoms with Gasteiger partial charge in [-0.15, -0.1) is 0 Å². The molecular formula is C14H15NO6. The number of nitro groups is 1. The van der Waals surface area contributed by atoms with E-state index in [-0.39, 0.29) is 23.8 Å². The maximum atomic E-state index is 11.6. The summed E-state index contributed by atoms with van der Waals surface area (Å²) in [5.41, 5.74) is 0.745. The first-order chi connectivity index (χ1) is 9.93. The predicted octanol–water partition coefficient (Wildman–Crippen LogP) is 2.05. The van der Waals surface area contributed by atoms with Gasteiger partial charge in [0.05, 0.1) is 11.5 Å². The summed E-state index contributed by atoms with van der Waals surface area (Å²) in [6, 6.07) is 2.69. The van der Waals surface area contributed by atoms with Crippen LogP contribution in [0.25, 0.3) is 0 Å². The van der Waals surface area contributed by atoms with Crippen LogP contribution in [0.1, 0.15) is 36.2 Å². The second kappa shape index (κ2) is 5.90. The first-order valence-electron chi connectivity index (χ1n) is 6.61. The van der Waals surface area contributed by atoms with Crippen LogP contribution in [0.5, 0.6) is 5.75 Å². The lowest BCUT2D eigenvalue weighted by Gasteiger charge is -2.14. The zero-order valence-corrected chi connectivity index (χ0v) is 11.8. The number of nitro benzene ring substituents is 1. The molecule has 0 fully saturated rings. The van der Waals surface area contributed by atoms with Gasteiger partial charge >= 0.3 is 11.7 Å². The summed E-state index contributed by atoms with van der Waals surface area (Å²) >= 11 is 0. The Hall–Kier alpha value is -2.44. The van der Waals surface area contributed by atoms with Crippen molar-refractivity contribution in [2.45, 2.75) is 32.8 Å². The SMILES string of the molecule is CCOC(=O)C(C)Oc1cc2c(cc1[N+](=O)[O-])C(=O)CC2. The number of ether oxygens (including phenoxy) is 2. The van der Waals surface area contributed by atoms with Crippen LogP contribution in [0, 0.1) is 10.1 Å². The average Bonchev–Trinajstić information content (AvgIpc) is 2.79. The molecular weight excluding hydrogens is 278 g/mol. The van der Waals surface area contributed by atoms with Crippen molar-refractivity contribution >= 4 is 17.4 Å². The van der Waals surface area contributed by atoms with E-state index < -0.39 is 17.0 Å². The van der Waals surface area contributed by atoms with Gasteiger partial charge in [-0.3, -0.25) is 14.9 Å². The first-order valence-corrected chi connectivity index (χ1v) is 6.61. The van der Waals surface area contributed by atoms with E-state index in [1.165, 1.54) is 19.1 Å². The highest BCUT2D eigenvalue weighted by molar-refractivity contribution is 6.01. The number of fused-ring (bicyclic) bond motifs is 1. The van der Waals surface area contributed by atoms with Crippen LogP contribution in [-0.4, -0.2) is 29.4 Å². The molecule has 0 heterocycles. The van der Waals surface area contributed by atoms with Crippen molar-refractivity contribution < 1.29 is 24.0 Å². The molecule has 1 aliphatic carbocycles. The molecule has 1 aromatic rings. The minimum Gasteiger partial charge on any atom is -0.472 e. The molecule has 1 unspecified atom stereocenters. The fourth-order valence-electron chi connectivity index (χ4n) is 2.20. The van der Waals surface area contributed by atoms with Gasteiger partial charge in [0, 0.05) is 18.1 Å². The van der Waals surface area contributed by atoms with Gasteiger partial charge < -0.3 is 9.47 Å². The van der Waals surface area contributed by atoms with E-state index in [1.54, 1.807) is 6.92 Å². The van der Waals surface area contributed by atoms with E-state index in [0.29, 0.717) is 24.0 Å². The number of nitrogens with zero attached hydrogens (tertiary/aromatic N) is 1. The molecule has 2 rings (SSSR count). The van der Waals surface area contributed by atoms with Crippen LogP contribution in [0.4, 0.5) is 5.69 Å². The summed E-state index contributed by atoms with van der Waals surface area (Å²) in [5.74, 6) is -0.726. The summed E-state index contributed by atoms with van der Waals surface area (Å²) in [6.45, 7) is 3.32. The number of Topliss-reactive ketones (excluding diaryl/α,β-unsaturated/α-hetero) is 1. The molecule has 0 aliphatic heterocycles. The van der Waals surface area contributed by atoms with Crippen molar-refractivity contribution in [2.75, 3.05) is 6.61 Å². The third kappa shape index (κ3) is 3.01. The maximum Gasteiger partial charge on any atom is 0.347 e. The molecule has 0 bridgehead atoms. The van der Waals surface area contributed by atoms with Crippen molar-refractivity contribution in [3.63, 3.8) is 0 Å². The molecule has 1 aliphatic rings. The van der Waals surface area contributed by atoms with Gasteiger partial charge in [-0.25, -0.2) is 4.79 Å². The van der Waals surface area contributed by atoms with Gasteiger partial charge in [-0.05, 0) is 31.9 Å². The first kappa shape index (κ1) is 15.0. The second-order valence-electron chi connectivity index (χ2n) is 4.67. The van der Waals surface area contributed by atoms with E-state index in [9.17, 15) is 19.7 Å². The molecule has 7 heteroatoms. The van der Waals surface area contributed by atoms with E-state index >= 15 is 0 Å². The van der Waals surface area contributed by atoms with Crippen LogP contribution in [0.3, 0.4) is 0 Å². The highest BCUT2D eigenvalue weighted by atomic mass is 16.6. The van der Waals surface area contributed by atoms with Crippen LogP contribution < -0.4 is 4.74 Å². The number of aryl methyl sites for hydroxylation is 1.